The SMILES string of the molecule is CC/C=C/C/C=C/CCCCCCCC(CC(=O)NC(CO)C(O)CCCCCCCCCCCCCCCCC)OC(=O)CCCCCCCCC/C=C/CCCCCCCC. The predicted molar refractivity (Wildman–Crippen MR) is 273 cm³/mol. The number of allylic oxidation sites excluding steroid dienone is 6. The van der Waals surface area contributed by atoms with Crippen molar-refractivity contribution in [3.63, 3.8) is 0 Å². The number of aliphatic hydroxyl groups excluding tert-OH is 2. The first kappa shape index (κ1) is 61.1. The van der Waals surface area contributed by atoms with Gasteiger partial charge in [0.25, 0.3) is 0 Å². The Hall–Kier alpha value is -1.92. The number of carbonyl (C=O) groups is 2. The van der Waals surface area contributed by atoms with Crippen LogP contribution in [0.1, 0.15) is 290 Å². The van der Waals surface area contributed by atoms with Crippen molar-refractivity contribution in [1.82, 2.24) is 5.32 Å². The number of esters is 1. The molecule has 0 aromatic heterocycles. The van der Waals surface area contributed by atoms with Crippen molar-refractivity contribution in [2.75, 3.05) is 6.61 Å². The molecule has 0 rings (SSSR count). The number of nitrogens with one attached hydrogen (secondary N) is 1. The van der Waals surface area contributed by atoms with E-state index in [9.17, 15) is 19.8 Å². The number of hydrogen-bond donors (Lipinski definition) is 3. The van der Waals surface area contributed by atoms with Crippen molar-refractivity contribution in [2.24, 2.45) is 0 Å². The maximum absolute atomic E-state index is 13.2. The van der Waals surface area contributed by atoms with Crippen LogP contribution in [0.15, 0.2) is 36.5 Å². The van der Waals surface area contributed by atoms with E-state index in [0.717, 1.165) is 70.6 Å². The number of aliphatic hydroxyl groups is 2. The number of rotatable bonds is 50. The Kier molecular flexibility index (Phi) is 49.5. The van der Waals surface area contributed by atoms with E-state index in [1.165, 1.54) is 173 Å². The second-order valence-electron chi connectivity index (χ2n) is 19.0. The number of ether oxygens (including phenoxy) is 1. The highest BCUT2D eigenvalue weighted by molar-refractivity contribution is 5.77. The number of amides is 1. The van der Waals surface area contributed by atoms with Gasteiger partial charge in [-0.25, -0.2) is 0 Å². The lowest BCUT2D eigenvalue weighted by Crippen LogP contribution is -2.46. The summed E-state index contributed by atoms with van der Waals surface area (Å²) in [4.78, 5) is 26.2. The molecular weight excluding hydrogens is 779 g/mol. The van der Waals surface area contributed by atoms with Crippen LogP contribution in [0.2, 0.25) is 0 Å². The molecule has 0 aliphatic heterocycles. The molecule has 0 aliphatic rings. The number of carbonyl (C=O) groups excluding carboxylic acids is 2. The largest absolute Gasteiger partial charge is 0.462 e. The molecule has 0 aromatic carbocycles. The quantitative estimate of drug-likeness (QED) is 0.0321. The maximum Gasteiger partial charge on any atom is 0.306 e. The first-order valence-electron chi connectivity index (χ1n) is 27.7. The summed E-state index contributed by atoms with van der Waals surface area (Å²) in [6.45, 7) is 6.39. The van der Waals surface area contributed by atoms with E-state index in [4.69, 9.17) is 4.74 Å². The molecule has 0 bridgehead atoms. The van der Waals surface area contributed by atoms with Crippen LogP contribution >= 0.6 is 0 Å². The van der Waals surface area contributed by atoms with Crippen molar-refractivity contribution >= 4 is 11.9 Å². The van der Waals surface area contributed by atoms with Gasteiger partial charge in [-0.15, -0.1) is 0 Å². The highest BCUT2D eigenvalue weighted by atomic mass is 16.5. The van der Waals surface area contributed by atoms with Gasteiger partial charge in [0.15, 0.2) is 0 Å². The van der Waals surface area contributed by atoms with Crippen molar-refractivity contribution in [2.45, 2.75) is 309 Å². The second kappa shape index (κ2) is 51.1. The Balaban J connectivity index is 4.50. The van der Waals surface area contributed by atoms with Crippen LogP contribution in [-0.2, 0) is 14.3 Å². The Labute approximate surface area is 392 Å². The molecule has 63 heavy (non-hydrogen) atoms. The van der Waals surface area contributed by atoms with E-state index in [2.05, 4.69) is 62.5 Å². The fraction of sp³-hybridized carbons (Fsp3) is 0.860. The fourth-order valence-electron chi connectivity index (χ4n) is 8.52. The van der Waals surface area contributed by atoms with E-state index >= 15 is 0 Å². The van der Waals surface area contributed by atoms with E-state index < -0.39 is 18.2 Å². The zero-order chi connectivity index (χ0) is 45.9. The van der Waals surface area contributed by atoms with E-state index in [1.54, 1.807) is 0 Å². The Morgan fingerprint density at radius 2 is 0.857 bits per heavy atom. The highest BCUT2D eigenvalue weighted by Gasteiger charge is 2.24. The molecule has 0 spiro atoms. The van der Waals surface area contributed by atoms with Gasteiger partial charge < -0.3 is 20.3 Å². The van der Waals surface area contributed by atoms with Gasteiger partial charge in [-0.2, -0.15) is 0 Å². The summed E-state index contributed by atoms with van der Waals surface area (Å²) in [5, 5.41) is 23.8. The molecule has 0 radical (unpaired) electrons. The van der Waals surface area contributed by atoms with Crippen molar-refractivity contribution in [3.05, 3.63) is 36.5 Å². The molecule has 6 heteroatoms. The summed E-state index contributed by atoms with van der Waals surface area (Å²) >= 11 is 0. The molecule has 0 saturated carbocycles. The second-order valence-corrected chi connectivity index (χ2v) is 19.0. The molecule has 0 heterocycles. The minimum Gasteiger partial charge on any atom is -0.462 e. The maximum atomic E-state index is 13.2. The molecule has 0 saturated heterocycles. The van der Waals surface area contributed by atoms with Crippen LogP contribution < -0.4 is 5.32 Å². The zero-order valence-electron chi connectivity index (χ0n) is 42.2. The van der Waals surface area contributed by atoms with Crippen LogP contribution in [0.4, 0.5) is 0 Å². The minimum atomic E-state index is -0.791. The molecule has 370 valence electrons. The molecule has 0 aliphatic carbocycles. The van der Waals surface area contributed by atoms with Gasteiger partial charge in [-0.3, -0.25) is 9.59 Å². The smallest absolute Gasteiger partial charge is 0.306 e. The van der Waals surface area contributed by atoms with E-state index in [0.29, 0.717) is 19.3 Å². The summed E-state index contributed by atoms with van der Waals surface area (Å²) in [6.07, 6.45) is 60.7. The molecular formula is C57H107NO5. The molecule has 3 unspecified atom stereocenters. The third-order valence-corrected chi connectivity index (χ3v) is 12.7. The first-order valence-corrected chi connectivity index (χ1v) is 27.7. The van der Waals surface area contributed by atoms with Gasteiger partial charge in [0, 0.05) is 6.42 Å². The van der Waals surface area contributed by atoms with Crippen LogP contribution in [0, 0.1) is 0 Å². The highest BCUT2D eigenvalue weighted by Crippen LogP contribution is 2.18. The molecule has 6 nitrogen and oxygen atoms in total. The summed E-state index contributed by atoms with van der Waals surface area (Å²) in [7, 11) is 0. The summed E-state index contributed by atoms with van der Waals surface area (Å²) in [6, 6.07) is -0.705. The Bertz CT molecular complexity index is 1040. The molecule has 1 amide bonds. The average molecular weight is 886 g/mol. The van der Waals surface area contributed by atoms with Crippen LogP contribution in [-0.4, -0.2) is 46.9 Å². The van der Waals surface area contributed by atoms with Crippen molar-refractivity contribution in [1.29, 1.82) is 0 Å². The average Bonchev–Trinajstić information content (AvgIpc) is 3.28. The normalized spacial score (nSPS) is 13.4. The molecule has 3 atom stereocenters. The third kappa shape index (κ3) is 46.4. The lowest BCUT2D eigenvalue weighted by Gasteiger charge is -2.24. The van der Waals surface area contributed by atoms with Gasteiger partial charge in [-0.1, -0.05) is 237 Å². The van der Waals surface area contributed by atoms with Gasteiger partial charge in [-0.05, 0) is 77.0 Å². The topological polar surface area (TPSA) is 95.9 Å². The standard InChI is InChI=1S/C57H107NO5/c1-4-7-10-13-16-19-22-25-27-28-30-32-35-38-41-44-47-50-57(62)63-53(48-45-42-39-36-33-24-21-18-15-12-9-6-3)51-56(61)58-54(52-59)55(60)49-46-43-40-37-34-31-29-26-23-20-17-14-11-8-5-2/h9,12,18,21,25,27,53-55,59-60H,4-8,10-11,13-17,19-20,22-24,26,28-52H2,1-3H3,(H,58,61)/b12-9+,21-18+,27-25+. The zero-order valence-corrected chi connectivity index (χ0v) is 42.2. The van der Waals surface area contributed by atoms with Gasteiger partial charge in [0.05, 0.1) is 25.2 Å². The predicted octanol–water partition coefficient (Wildman–Crippen LogP) is 16.8. The lowest BCUT2D eigenvalue weighted by molar-refractivity contribution is -0.151. The van der Waals surface area contributed by atoms with Gasteiger partial charge in [0.1, 0.15) is 6.10 Å². The summed E-state index contributed by atoms with van der Waals surface area (Å²) in [5.41, 5.74) is 0. The number of hydrogen-bond acceptors (Lipinski definition) is 5. The molecule has 3 N–H and O–H groups in total. The van der Waals surface area contributed by atoms with Gasteiger partial charge in [0.2, 0.25) is 5.91 Å². The molecule has 0 aromatic rings. The molecule has 0 fully saturated rings. The van der Waals surface area contributed by atoms with E-state index in [1.807, 2.05) is 0 Å². The summed E-state index contributed by atoms with van der Waals surface area (Å²) < 4.78 is 5.94. The fourth-order valence-corrected chi connectivity index (χ4v) is 8.52. The lowest BCUT2D eigenvalue weighted by atomic mass is 10.0. The van der Waals surface area contributed by atoms with Crippen LogP contribution in [0.3, 0.4) is 0 Å². The summed E-state index contributed by atoms with van der Waals surface area (Å²) in [5.74, 6) is -0.482. The van der Waals surface area contributed by atoms with Crippen LogP contribution in [0.5, 0.6) is 0 Å². The van der Waals surface area contributed by atoms with Gasteiger partial charge >= 0.3 is 5.97 Å². The Morgan fingerprint density at radius 1 is 0.476 bits per heavy atom. The third-order valence-electron chi connectivity index (χ3n) is 12.7. The van der Waals surface area contributed by atoms with Crippen LogP contribution in [0.25, 0.3) is 0 Å². The van der Waals surface area contributed by atoms with E-state index in [-0.39, 0.29) is 24.9 Å². The minimum absolute atomic E-state index is 0.0689. The Morgan fingerprint density at radius 3 is 1.30 bits per heavy atom. The first-order chi connectivity index (χ1) is 31.0. The van der Waals surface area contributed by atoms with Crippen molar-refractivity contribution in [3.8, 4) is 0 Å². The monoisotopic (exact) mass is 886 g/mol. The number of unbranched alkanes of at least 4 members (excludes halogenated alkanes) is 32. The van der Waals surface area contributed by atoms with Crippen molar-refractivity contribution < 1.29 is 24.5 Å².